The van der Waals surface area contributed by atoms with Crippen molar-refractivity contribution in [3.8, 4) is 11.3 Å². The molecule has 0 aliphatic heterocycles. The Hall–Kier alpha value is -2.90. The van der Waals surface area contributed by atoms with Gasteiger partial charge in [0.1, 0.15) is 5.82 Å². The second-order valence-electron chi connectivity index (χ2n) is 7.26. The third-order valence-electron chi connectivity index (χ3n) is 4.82. The van der Waals surface area contributed by atoms with Crippen molar-refractivity contribution < 1.29 is 13.6 Å². The summed E-state index contributed by atoms with van der Waals surface area (Å²) in [5, 5.41) is 3.46. The molecule has 1 fully saturated rings. The number of rotatable bonds is 5. The summed E-state index contributed by atoms with van der Waals surface area (Å²) in [6.07, 6.45) is 5.48. The number of amides is 1. The summed E-state index contributed by atoms with van der Waals surface area (Å²) in [4.78, 5) is 24.0. The van der Waals surface area contributed by atoms with Crippen molar-refractivity contribution in [3.05, 3.63) is 36.0 Å². The molecule has 146 valence electrons. The maximum atomic E-state index is 14.0. The SMILES string of the molecule is CCn1cc(-c2cc(C3CC3)nc(C(C)(F)F)n2)c2cc(NC(C)=O)ncc21. The fraction of sp³-hybridized carbons (Fsp3) is 0.400. The fourth-order valence-electron chi connectivity index (χ4n) is 3.29. The Labute approximate surface area is 161 Å². The molecule has 28 heavy (non-hydrogen) atoms. The van der Waals surface area contributed by atoms with E-state index >= 15 is 0 Å². The minimum atomic E-state index is -3.12. The summed E-state index contributed by atoms with van der Waals surface area (Å²) in [5.41, 5.74) is 2.70. The van der Waals surface area contributed by atoms with Crippen LogP contribution in [0.4, 0.5) is 14.6 Å². The predicted octanol–water partition coefficient (Wildman–Crippen LogP) is 4.46. The number of carbonyl (C=O) groups is 1. The van der Waals surface area contributed by atoms with E-state index in [1.165, 1.54) is 6.92 Å². The molecule has 1 N–H and O–H groups in total. The molecule has 0 spiro atoms. The highest BCUT2D eigenvalue weighted by Gasteiger charge is 2.33. The molecule has 3 aromatic heterocycles. The van der Waals surface area contributed by atoms with E-state index in [9.17, 15) is 13.6 Å². The van der Waals surface area contributed by atoms with Crippen LogP contribution in [0.25, 0.3) is 22.2 Å². The lowest BCUT2D eigenvalue weighted by Gasteiger charge is -2.12. The molecule has 8 heteroatoms. The van der Waals surface area contributed by atoms with Gasteiger partial charge in [0.2, 0.25) is 5.91 Å². The molecule has 3 heterocycles. The molecule has 6 nitrogen and oxygen atoms in total. The number of anilines is 1. The van der Waals surface area contributed by atoms with Gasteiger partial charge < -0.3 is 9.88 Å². The average Bonchev–Trinajstić information content (AvgIpc) is 3.41. The number of nitrogens with zero attached hydrogens (tertiary/aromatic N) is 4. The number of alkyl halides is 2. The standard InChI is InChI=1S/C20H21F2N5O/c1-4-27-10-14(13-7-18(24-11(2)28)23-9-17(13)27)16-8-15(12-5-6-12)25-19(26-16)20(3,21)22/h7-10,12H,4-6H2,1-3H3,(H,23,24,28). The summed E-state index contributed by atoms with van der Waals surface area (Å²) in [5.74, 6) is -3.17. The lowest BCUT2D eigenvalue weighted by Crippen LogP contribution is -2.14. The van der Waals surface area contributed by atoms with Gasteiger partial charge in [0.15, 0.2) is 5.82 Å². The van der Waals surface area contributed by atoms with Crippen LogP contribution in [-0.2, 0) is 17.3 Å². The van der Waals surface area contributed by atoms with Crippen LogP contribution in [0, 0.1) is 0 Å². The maximum absolute atomic E-state index is 14.0. The zero-order valence-electron chi connectivity index (χ0n) is 16.0. The van der Waals surface area contributed by atoms with Gasteiger partial charge in [0, 0.05) is 49.2 Å². The average molecular weight is 385 g/mol. The summed E-state index contributed by atoms with van der Waals surface area (Å²) >= 11 is 0. The number of hydrogen-bond donors (Lipinski definition) is 1. The monoisotopic (exact) mass is 385 g/mol. The normalized spacial score (nSPS) is 14.5. The van der Waals surface area contributed by atoms with Gasteiger partial charge in [0.25, 0.3) is 0 Å². The topological polar surface area (TPSA) is 72.7 Å². The smallest absolute Gasteiger partial charge is 0.303 e. The van der Waals surface area contributed by atoms with Crippen molar-refractivity contribution in [2.75, 3.05) is 5.32 Å². The minimum Gasteiger partial charge on any atom is -0.346 e. The van der Waals surface area contributed by atoms with Crippen LogP contribution in [0.3, 0.4) is 0 Å². The summed E-state index contributed by atoms with van der Waals surface area (Å²) in [6.45, 7) is 4.91. The van der Waals surface area contributed by atoms with E-state index in [-0.39, 0.29) is 11.8 Å². The van der Waals surface area contributed by atoms with E-state index in [0.717, 1.165) is 36.2 Å². The van der Waals surface area contributed by atoms with Crippen molar-refractivity contribution in [2.45, 2.75) is 52.0 Å². The molecule has 0 aromatic carbocycles. The Morgan fingerprint density at radius 1 is 1.32 bits per heavy atom. The molecule has 1 amide bonds. The highest BCUT2D eigenvalue weighted by Crippen LogP contribution is 2.42. The van der Waals surface area contributed by atoms with Gasteiger partial charge in [-0.2, -0.15) is 8.78 Å². The third-order valence-corrected chi connectivity index (χ3v) is 4.82. The molecular formula is C20H21F2N5O. The van der Waals surface area contributed by atoms with Crippen LogP contribution >= 0.6 is 0 Å². The molecule has 1 aliphatic rings. The van der Waals surface area contributed by atoms with E-state index in [4.69, 9.17) is 0 Å². The van der Waals surface area contributed by atoms with Crippen LogP contribution in [-0.4, -0.2) is 25.4 Å². The summed E-state index contributed by atoms with van der Waals surface area (Å²) in [6, 6.07) is 3.56. The zero-order chi connectivity index (χ0) is 20.1. The van der Waals surface area contributed by atoms with Crippen LogP contribution in [0.15, 0.2) is 24.5 Å². The first-order valence-electron chi connectivity index (χ1n) is 9.30. The van der Waals surface area contributed by atoms with Gasteiger partial charge in [-0.05, 0) is 31.9 Å². The molecule has 0 radical (unpaired) electrons. The molecule has 0 saturated heterocycles. The molecule has 0 bridgehead atoms. The van der Waals surface area contributed by atoms with Gasteiger partial charge in [-0.3, -0.25) is 4.79 Å². The highest BCUT2D eigenvalue weighted by atomic mass is 19.3. The molecule has 4 rings (SSSR count). The molecule has 1 aliphatic carbocycles. The number of aryl methyl sites for hydroxylation is 1. The summed E-state index contributed by atoms with van der Waals surface area (Å²) in [7, 11) is 0. The van der Waals surface area contributed by atoms with Crippen LogP contribution in [0.5, 0.6) is 0 Å². The van der Waals surface area contributed by atoms with Crippen LogP contribution < -0.4 is 5.32 Å². The number of pyridine rings is 1. The quantitative estimate of drug-likeness (QED) is 0.704. The lowest BCUT2D eigenvalue weighted by atomic mass is 10.1. The number of aromatic nitrogens is 4. The fourth-order valence-corrected chi connectivity index (χ4v) is 3.29. The third kappa shape index (κ3) is 3.46. The Kier molecular flexibility index (Phi) is 4.36. The van der Waals surface area contributed by atoms with Crippen LogP contribution in [0.2, 0.25) is 0 Å². The van der Waals surface area contributed by atoms with E-state index in [2.05, 4.69) is 20.3 Å². The first-order chi connectivity index (χ1) is 13.3. The number of halogens is 2. The highest BCUT2D eigenvalue weighted by molar-refractivity contribution is 5.98. The number of fused-ring (bicyclic) bond motifs is 1. The maximum Gasteiger partial charge on any atom is 0.303 e. The van der Waals surface area contributed by atoms with Gasteiger partial charge in [-0.15, -0.1) is 0 Å². The van der Waals surface area contributed by atoms with Gasteiger partial charge >= 0.3 is 5.92 Å². The lowest BCUT2D eigenvalue weighted by molar-refractivity contribution is -0.114. The second-order valence-corrected chi connectivity index (χ2v) is 7.26. The molecule has 0 unspecified atom stereocenters. The number of nitrogens with one attached hydrogen (secondary N) is 1. The second kappa shape index (κ2) is 6.61. The van der Waals surface area contributed by atoms with E-state index < -0.39 is 11.7 Å². The van der Waals surface area contributed by atoms with E-state index in [1.54, 1.807) is 18.3 Å². The largest absolute Gasteiger partial charge is 0.346 e. The molecular weight excluding hydrogens is 364 g/mol. The van der Waals surface area contributed by atoms with E-state index in [1.807, 2.05) is 17.7 Å². The van der Waals surface area contributed by atoms with Crippen molar-refractivity contribution in [1.82, 2.24) is 19.5 Å². The van der Waals surface area contributed by atoms with Gasteiger partial charge in [-0.1, -0.05) is 0 Å². The number of hydrogen-bond acceptors (Lipinski definition) is 4. The van der Waals surface area contributed by atoms with Crippen LogP contribution in [0.1, 0.15) is 51.0 Å². The Bertz CT molecular complexity index is 1070. The number of carbonyl (C=O) groups excluding carboxylic acids is 1. The van der Waals surface area contributed by atoms with Crippen molar-refractivity contribution in [3.63, 3.8) is 0 Å². The van der Waals surface area contributed by atoms with Crippen molar-refractivity contribution >= 4 is 22.6 Å². The zero-order valence-corrected chi connectivity index (χ0v) is 16.0. The molecule has 0 atom stereocenters. The predicted molar refractivity (Wildman–Crippen MR) is 102 cm³/mol. The Morgan fingerprint density at radius 2 is 2.07 bits per heavy atom. The minimum absolute atomic E-state index is 0.221. The summed E-state index contributed by atoms with van der Waals surface area (Å²) < 4.78 is 30.0. The molecule has 1 saturated carbocycles. The Morgan fingerprint density at radius 3 is 2.68 bits per heavy atom. The first-order valence-corrected chi connectivity index (χ1v) is 9.30. The Balaban J connectivity index is 1.92. The van der Waals surface area contributed by atoms with E-state index in [0.29, 0.717) is 23.8 Å². The van der Waals surface area contributed by atoms with Gasteiger partial charge in [-0.25, -0.2) is 15.0 Å². The first kappa shape index (κ1) is 18.5. The van der Waals surface area contributed by atoms with Crippen molar-refractivity contribution in [1.29, 1.82) is 0 Å². The molecule has 3 aromatic rings. The van der Waals surface area contributed by atoms with Gasteiger partial charge in [0.05, 0.1) is 17.4 Å². The van der Waals surface area contributed by atoms with Crippen molar-refractivity contribution in [2.24, 2.45) is 0 Å².